The van der Waals surface area contributed by atoms with Gasteiger partial charge in [0.2, 0.25) is 0 Å². The first-order valence-electron chi connectivity index (χ1n) is 7.53. The highest BCUT2D eigenvalue weighted by Crippen LogP contribution is 2.51. The fourth-order valence-electron chi connectivity index (χ4n) is 3.05. The van der Waals surface area contributed by atoms with E-state index in [4.69, 9.17) is 19.2 Å². The molecule has 0 aliphatic heterocycles. The first-order valence-corrected chi connectivity index (χ1v) is 9.09. The normalized spacial score (nSPS) is 19.5. The first kappa shape index (κ1) is 24.7. The maximum Gasteiger partial charge on any atom is 0.466 e. The molecule has 152 valence electrons. The van der Waals surface area contributed by atoms with E-state index in [-0.39, 0.29) is 24.9 Å². The number of phosphoric acid groups is 1. The van der Waals surface area contributed by atoms with Crippen LogP contribution in [0.15, 0.2) is 0 Å². The van der Waals surface area contributed by atoms with E-state index in [0.717, 1.165) is 0 Å². The van der Waals surface area contributed by atoms with E-state index in [2.05, 4.69) is 5.32 Å². The van der Waals surface area contributed by atoms with Crippen molar-refractivity contribution < 1.29 is 45.6 Å². The highest BCUT2D eigenvalue weighted by molar-refractivity contribution is 7.45. The van der Waals surface area contributed by atoms with Gasteiger partial charge in [0.15, 0.2) is 0 Å². The van der Waals surface area contributed by atoms with Crippen LogP contribution in [0.2, 0.25) is 0 Å². The molecule has 0 aromatic heterocycles. The minimum Gasteiger partial charge on any atom is -0.657 e. The average molecular weight is 402 g/mol. The Bertz CT molecular complexity index is 415. The van der Waals surface area contributed by atoms with Crippen LogP contribution in [0.1, 0.15) is 52.4 Å². The lowest BCUT2D eigenvalue weighted by molar-refractivity contribution is -0.201. The Balaban J connectivity index is 0.00000101. The van der Waals surface area contributed by atoms with Crippen LogP contribution in [-0.2, 0) is 4.57 Å². The Morgan fingerprint density at radius 1 is 1.00 bits per heavy atom. The van der Waals surface area contributed by atoms with Gasteiger partial charge in [-0.25, -0.2) is 4.57 Å². The van der Waals surface area contributed by atoms with E-state index in [1.807, 2.05) is 13.8 Å². The third-order valence-electron chi connectivity index (χ3n) is 3.68. The molecule has 0 saturated heterocycles. The van der Waals surface area contributed by atoms with Crippen LogP contribution in [0, 0.1) is 5.41 Å². The van der Waals surface area contributed by atoms with Gasteiger partial charge in [0.1, 0.15) is 0 Å². The summed E-state index contributed by atoms with van der Waals surface area (Å²) in [5.41, 5.74) is -1.69. The topological polar surface area (TPSA) is 91.9 Å². The van der Waals surface area contributed by atoms with E-state index in [0.29, 0.717) is 12.8 Å². The lowest BCUT2D eigenvalue weighted by Crippen LogP contribution is -2.38. The van der Waals surface area contributed by atoms with Gasteiger partial charge in [-0.2, -0.15) is 26.3 Å². The molecule has 1 rings (SSSR count). The Morgan fingerprint density at radius 3 is 1.56 bits per heavy atom. The molecule has 0 amide bonds. The van der Waals surface area contributed by atoms with Gasteiger partial charge in [0.05, 0.1) is 0 Å². The van der Waals surface area contributed by atoms with E-state index in [1.165, 1.54) is 0 Å². The summed E-state index contributed by atoms with van der Waals surface area (Å²) >= 11 is 0. The quantitative estimate of drug-likeness (QED) is 0.471. The lowest BCUT2D eigenvalue weighted by Gasteiger charge is -2.47. The summed E-state index contributed by atoms with van der Waals surface area (Å²) in [4.78, 5) is 21.6. The molecule has 0 heterocycles. The Hall–Kier alpha value is -0.350. The smallest absolute Gasteiger partial charge is 0.466 e. The molecule has 0 bridgehead atoms. The number of rotatable bonds is 4. The summed E-state index contributed by atoms with van der Waals surface area (Å²) in [5, 5.41) is 4.33. The molecule has 25 heavy (non-hydrogen) atoms. The predicted molar refractivity (Wildman–Crippen MR) is 78.8 cm³/mol. The molecule has 0 aromatic rings. The monoisotopic (exact) mass is 402 g/mol. The van der Waals surface area contributed by atoms with Gasteiger partial charge in [-0.15, -0.1) is 12.1 Å². The Labute approximate surface area is 142 Å². The van der Waals surface area contributed by atoms with Gasteiger partial charge in [-0.1, -0.05) is 26.7 Å². The van der Waals surface area contributed by atoms with Crippen molar-refractivity contribution in [1.82, 2.24) is 0 Å². The van der Waals surface area contributed by atoms with E-state index in [9.17, 15) is 26.3 Å². The van der Waals surface area contributed by atoms with Crippen LogP contribution < -0.4 is 0 Å². The SMILES string of the molecule is CC(C)[N-]C1CCC(CC(F)(F)F)(CC(F)(F)F)CC1.O=P(O)(O)O. The molecule has 1 aliphatic rings. The van der Waals surface area contributed by atoms with Crippen molar-refractivity contribution in [3.63, 3.8) is 0 Å². The summed E-state index contributed by atoms with van der Waals surface area (Å²) < 4.78 is 84.3. The van der Waals surface area contributed by atoms with E-state index in [1.54, 1.807) is 0 Å². The van der Waals surface area contributed by atoms with Gasteiger partial charge in [-0.3, -0.25) is 0 Å². The van der Waals surface area contributed by atoms with E-state index >= 15 is 0 Å². The largest absolute Gasteiger partial charge is 0.657 e. The van der Waals surface area contributed by atoms with Crippen LogP contribution in [0.5, 0.6) is 0 Å². The third-order valence-corrected chi connectivity index (χ3v) is 3.68. The minimum atomic E-state index is -4.64. The Morgan fingerprint density at radius 2 is 1.32 bits per heavy atom. The number of alkyl halides is 6. The molecule has 5 nitrogen and oxygen atoms in total. The van der Waals surface area contributed by atoms with Crippen molar-refractivity contribution in [2.75, 3.05) is 0 Å². The zero-order valence-corrected chi connectivity index (χ0v) is 14.7. The molecule has 3 N–H and O–H groups in total. The van der Waals surface area contributed by atoms with Crippen LogP contribution in [0.3, 0.4) is 0 Å². The maximum absolute atomic E-state index is 12.6. The fourth-order valence-corrected chi connectivity index (χ4v) is 3.05. The molecule has 0 unspecified atom stereocenters. The zero-order chi connectivity index (χ0) is 20.1. The third kappa shape index (κ3) is 14.5. The summed E-state index contributed by atoms with van der Waals surface area (Å²) in [5.74, 6) is 0. The van der Waals surface area contributed by atoms with Gasteiger partial charge in [0.25, 0.3) is 0 Å². The number of halogens is 6. The van der Waals surface area contributed by atoms with Gasteiger partial charge >= 0.3 is 20.2 Å². The van der Waals surface area contributed by atoms with Gasteiger partial charge in [0, 0.05) is 12.8 Å². The van der Waals surface area contributed by atoms with Crippen molar-refractivity contribution in [1.29, 1.82) is 0 Å². The van der Waals surface area contributed by atoms with Crippen LogP contribution in [0.25, 0.3) is 5.32 Å². The predicted octanol–water partition coefficient (Wildman–Crippen LogP) is 4.67. The van der Waals surface area contributed by atoms with Crippen molar-refractivity contribution in [2.24, 2.45) is 5.41 Å². The summed E-state index contributed by atoms with van der Waals surface area (Å²) in [6.07, 6.45) is -11.3. The van der Waals surface area contributed by atoms with Crippen LogP contribution in [-0.4, -0.2) is 39.1 Å². The van der Waals surface area contributed by atoms with Crippen molar-refractivity contribution in [3.8, 4) is 0 Å². The molecule has 1 aliphatic carbocycles. The second-order valence-electron chi connectivity index (χ2n) is 6.57. The average Bonchev–Trinajstić information content (AvgIpc) is 2.24. The standard InChI is InChI=1S/C13H20F6N.H3O4P/c1-9(2)20-10-3-5-11(6-4-10,7-12(14,15)16)8-13(17,18)19;1-5(2,3)4/h9-10H,3-8H2,1-2H3;(H3,1,2,3,4)/q-1;. The Kier molecular flexibility index (Phi) is 8.91. The fraction of sp³-hybridized carbons (Fsp3) is 1.00. The highest BCUT2D eigenvalue weighted by Gasteiger charge is 2.49. The first-order chi connectivity index (χ1) is 10.9. The lowest BCUT2D eigenvalue weighted by atomic mass is 9.68. The maximum atomic E-state index is 12.6. The molecule has 1 fully saturated rings. The minimum absolute atomic E-state index is 0.0535. The molecule has 12 heteroatoms. The number of hydrogen-bond acceptors (Lipinski definition) is 1. The molecule has 0 atom stereocenters. The van der Waals surface area contributed by atoms with Crippen LogP contribution >= 0.6 is 7.82 Å². The van der Waals surface area contributed by atoms with Crippen molar-refractivity contribution in [2.45, 2.75) is 76.8 Å². The molecular formula is C13H23F6NO4P-. The summed E-state index contributed by atoms with van der Waals surface area (Å²) in [7, 11) is -4.64. The highest BCUT2D eigenvalue weighted by atomic mass is 31.2. The molecule has 0 aromatic carbocycles. The molecule has 0 radical (unpaired) electrons. The molecule has 0 spiro atoms. The number of hydrogen-bond donors (Lipinski definition) is 3. The summed E-state index contributed by atoms with van der Waals surface area (Å²) in [6, 6.07) is -0.0534. The van der Waals surface area contributed by atoms with Crippen molar-refractivity contribution in [3.05, 3.63) is 5.32 Å². The summed E-state index contributed by atoms with van der Waals surface area (Å²) in [6.45, 7) is 3.71. The van der Waals surface area contributed by atoms with Crippen LogP contribution in [0.4, 0.5) is 26.3 Å². The van der Waals surface area contributed by atoms with Gasteiger partial charge < -0.3 is 20.0 Å². The van der Waals surface area contributed by atoms with Crippen molar-refractivity contribution >= 4 is 7.82 Å². The molecular weight excluding hydrogens is 379 g/mol. The van der Waals surface area contributed by atoms with Gasteiger partial charge in [-0.05, 0) is 18.3 Å². The zero-order valence-electron chi connectivity index (χ0n) is 13.8. The second kappa shape index (κ2) is 9.03. The molecule has 1 saturated carbocycles. The number of nitrogens with zero attached hydrogens (tertiary/aromatic N) is 1. The van der Waals surface area contributed by atoms with E-state index < -0.39 is 38.4 Å². The second-order valence-corrected chi connectivity index (χ2v) is 7.60.